The van der Waals surface area contributed by atoms with E-state index in [4.69, 9.17) is 15.2 Å². The van der Waals surface area contributed by atoms with Crippen LogP contribution in [0, 0.1) is 0 Å². The molecule has 1 heterocycles. The molecule has 0 amide bonds. The van der Waals surface area contributed by atoms with E-state index in [-0.39, 0.29) is 0 Å². The lowest BCUT2D eigenvalue weighted by molar-refractivity contribution is 0.412. The Labute approximate surface area is 93.4 Å². The Morgan fingerprint density at radius 1 is 1.19 bits per heavy atom. The van der Waals surface area contributed by atoms with Crippen molar-refractivity contribution in [2.24, 2.45) is 7.05 Å². The first-order chi connectivity index (χ1) is 7.69. The number of rotatable bonds is 3. The van der Waals surface area contributed by atoms with Crippen LogP contribution in [0.3, 0.4) is 0 Å². The van der Waals surface area contributed by atoms with E-state index in [9.17, 15) is 0 Å². The van der Waals surface area contributed by atoms with E-state index in [2.05, 4.69) is 5.10 Å². The first kappa shape index (κ1) is 10.4. The van der Waals surface area contributed by atoms with Gasteiger partial charge < -0.3 is 15.2 Å². The van der Waals surface area contributed by atoms with Crippen LogP contribution in [0.25, 0.3) is 0 Å². The number of nitrogen functional groups attached to an aromatic ring is 1. The molecular weight excluding hydrogens is 206 g/mol. The van der Waals surface area contributed by atoms with Crippen LogP contribution in [0.1, 0.15) is 0 Å². The molecule has 0 bridgehead atoms. The first-order valence-electron chi connectivity index (χ1n) is 4.80. The Hall–Kier alpha value is -2.17. The van der Waals surface area contributed by atoms with Gasteiger partial charge in [-0.3, -0.25) is 4.68 Å². The van der Waals surface area contributed by atoms with Crippen molar-refractivity contribution in [3.63, 3.8) is 0 Å². The van der Waals surface area contributed by atoms with Gasteiger partial charge >= 0.3 is 0 Å². The number of aryl methyl sites for hydroxylation is 1. The summed E-state index contributed by atoms with van der Waals surface area (Å²) in [5, 5.41) is 4.09. The summed E-state index contributed by atoms with van der Waals surface area (Å²) in [5.41, 5.74) is 6.22. The molecule has 0 aliphatic heterocycles. The van der Waals surface area contributed by atoms with Gasteiger partial charge in [-0.1, -0.05) is 0 Å². The highest BCUT2D eigenvalue weighted by atomic mass is 16.5. The molecule has 2 N–H and O–H groups in total. The first-order valence-corrected chi connectivity index (χ1v) is 4.80. The third-order valence-corrected chi connectivity index (χ3v) is 2.10. The molecule has 0 atom stereocenters. The molecule has 5 nitrogen and oxygen atoms in total. The van der Waals surface area contributed by atoms with Gasteiger partial charge in [-0.05, 0) is 24.3 Å². The molecule has 0 saturated carbocycles. The van der Waals surface area contributed by atoms with E-state index in [1.165, 1.54) is 0 Å². The Morgan fingerprint density at radius 3 is 2.31 bits per heavy atom. The minimum atomic E-state index is 0.410. The fourth-order valence-corrected chi connectivity index (χ4v) is 1.32. The minimum absolute atomic E-state index is 0.410. The van der Waals surface area contributed by atoms with E-state index in [0.29, 0.717) is 17.3 Å². The molecule has 0 aliphatic carbocycles. The number of aromatic nitrogens is 2. The second kappa shape index (κ2) is 4.14. The average Bonchev–Trinajstić information content (AvgIpc) is 2.59. The summed E-state index contributed by atoms with van der Waals surface area (Å²) in [5.74, 6) is 1.86. The summed E-state index contributed by atoms with van der Waals surface area (Å²) >= 11 is 0. The second-order valence-electron chi connectivity index (χ2n) is 3.34. The number of benzene rings is 1. The van der Waals surface area contributed by atoms with Gasteiger partial charge in [-0.15, -0.1) is 5.10 Å². The van der Waals surface area contributed by atoms with Crippen molar-refractivity contribution in [1.82, 2.24) is 9.78 Å². The lowest BCUT2D eigenvalue weighted by atomic mass is 10.3. The van der Waals surface area contributed by atoms with Crippen LogP contribution in [0.5, 0.6) is 17.4 Å². The molecule has 0 unspecified atom stereocenters. The van der Waals surface area contributed by atoms with Gasteiger partial charge in [0.05, 0.1) is 13.3 Å². The highest BCUT2D eigenvalue weighted by Crippen LogP contribution is 2.26. The van der Waals surface area contributed by atoms with Crippen LogP contribution in [-0.4, -0.2) is 16.9 Å². The van der Waals surface area contributed by atoms with E-state index in [1.54, 1.807) is 37.2 Å². The zero-order valence-corrected chi connectivity index (χ0v) is 9.18. The smallest absolute Gasteiger partial charge is 0.261 e. The maximum absolute atomic E-state index is 5.71. The molecule has 0 spiro atoms. The quantitative estimate of drug-likeness (QED) is 0.855. The Bertz CT molecular complexity index is 476. The van der Waals surface area contributed by atoms with Crippen LogP contribution in [-0.2, 0) is 7.05 Å². The maximum Gasteiger partial charge on any atom is 0.261 e. The largest absolute Gasteiger partial charge is 0.497 e. The van der Waals surface area contributed by atoms with E-state index in [1.807, 2.05) is 12.1 Å². The highest BCUT2D eigenvalue weighted by molar-refractivity contribution is 5.48. The van der Waals surface area contributed by atoms with Crippen LogP contribution >= 0.6 is 0 Å². The Kier molecular flexibility index (Phi) is 2.68. The number of nitrogens with zero attached hydrogens (tertiary/aromatic N) is 2. The molecule has 0 saturated heterocycles. The van der Waals surface area contributed by atoms with E-state index in [0.717, 1.165) is 5.75 Å². The number of nitrogens with two attached hydrogens (primary N) is 1. The molecule has 5 heteroatoms. The van der Waals surface area contributed by atoms with Crippen LogP contribution in [0.4, 0.5) is 5.69 Å². The third-order valence-electron chi connectivity index (χ3n) is 2.10. The van der Waals surface area contributed by atoms with Crippen molar-refractivity contribution in [2.75, 3.05) is 12.8 Å². The molecular formula is C11H13N3O2. The molecule has 1 aromatic carbocycles. The summed E-state index contributed by atoms with van der Waals surface area (Å²) in [4.78, 5) is 0. The fourth-order valence-electron chi connectivity index (χ4n) is 1.32. The van der Waals surface area contributed by atoms with Gasteiger partial charge in [0.25, 0.3) is 5.88 Å². The van der Waals surface area contributed by atoms with Crippen molar-refractivity contribution in [1.29, 1.82) is 0 Å². The summed E-state index contributed by atoms with van der Waals surface area (Å²) in [6, 6.07) is 7.23. The molecule has 2 aromatic rings. The highest BCUT2D eigenvalue weighted by Gasteiger charge is 2.06. The molecule has 1 aromatic heterocycles. The van der Waals surface area contributed by atoms with Crippen LogP contribution < -0.4 is 15.2 Å². The average molecular weight is 219 g/mol. The minimum Gasteiger partial charge on any atom is -0.497 e. The molecule has 84 valence electrons. The number of anilines is 1. The van der Waals surface area contributed by atoms with Crippen LogP contribution in [0.15, 0.2) is 30.5 Å². The second-order valence-corrected chi connectivity index (χ2v) is 3.34. The number of ether oxygens (including phenoxy) is 2. The molecule has 0 fully saturated rings. The van der Waals surface area contributed by atoms with Crippen molar-refractivity contribution in [3.8, 4) is 17.4 Å². The SMILES string of the molecule is COc1ccc(Oc2nn(C)cc2N)cc1. The standard InChI is InChI=1S/C11H13N3O2/c1-14-7-10(12)11(13-14)16-9-5-3-8(15-2)4-6-9/h3-7H,12H2,1-2H3. The Morgan fingerprint density at radius 2 is 1.81 bits per heavy atom. The maximum atomic E-state index is 5.71. The summed E-state index contributed by atoms with van der Waals surface area (Å²) in [6.45, 7) is 0. The Balaban J connectivity index is 2.17. The van der Waals surface area contributed by atoms with Gasteiger partial charge in [-0.25, -0.2) is 0 Å². The molecule has 2 rings (SSSR count). The van der Waals surface area contributed by atoms with Crippen molar-refractivity contribution in [3.05, 3.63) is 30.5 Å². The molecule has 16 heavy (non-hydrogen) atoms. The topological polar surface area (TPSA) is 62.3 Å². The normalized spacial score (nSPS) is 10.1. The van der Waals surface area contributed by atoms with Gasteiger partial charge in [-0.2, -0.15) is 0 Å². The van der Waals surface area contributed by atoms with Crippen molar-refractivity contribution < 1.29 is 9.47 Å². The van der Waals surface area contributed by atoms with Crippen molar-refractivity contribution >= 4 is 5.69 Å². The van der Waals surface area contributed by atoms with Gasteiger partial charge in [0.15, 0.2) is 0 Å². The van der Waals surface area contributed by atoms with Gasteiger partial charge in [0.2, 0.25) is 0 Å². The summed E-state index contributed by atoms with van der Waals surface area (Å²) < 4.78 is 12.2. The van der Waals surface area contributed by atoms with E-state index < -0.39 is 0 Å². The van der Waals surface area contributed by atoms with E-state index >= 15 is 0 Å². The summed E-state index contributed by atoms with van der Waals surface area (Å²) in [7, 11) is 3.41. The lowest BCUT2D eigenvalue weighted by Crippen LogP contribution is -1.91. The monoisotopic (exact) mass is 219 g/mol. The van der Waals surface area contributed by atoms with Gasteiger partial charge in [0.1, 0.15) is 17.2 Å². The van der Waals surface area contributed by atoms with Gasteiger partial charge in [0, 0.05) is 7.05 Å². The predicted molar refractivity (Wildman–Crippen MR) is 60.7 cm³/mol. The predicted octanol–water partition coefficient (Wildman–Crippen LogP) is 1.80. The lowest BCUT2D eigenvalue weighted by Gasteiger charge is -2.04. The summed E-state index contributed by atoms with van der Waals surface area (Å²) in [6.07, 6.45) is 1.69. The van der Waals surface area contributed by atoms with Crippen molar-refractivity contribution in [2.45, 2.75) is 0 Å². The fraction of sp³-hybridized carbons (Fsp3) is 0.182. The van der Waals surface area contributed by atoms with Crippen LogP contribution in [0.2, 0.25) is 0 Å². The number of hydrogen-bond acceptors (Lipinski definition) is 4. The third kappa shape index (κ3) is 2.08. The number of hydrogen-bond donors (Lipinski definition) is 1. The molecule has 0 radical (unpaired) electrons. The zero-order valence-electron chi connectivity index (χ0n) is 9.18. The zero-order chi connectivity index (χ0) is 11.5. The number of methoxy groups -OCH3 is 1. The molecule has 0 aliphatic rings.